The van der Waals surface area contributed by atoms with Gasteiger partial charge >= 0.3 is 5.97 Å². The summed E-state index contributed by atoms with van der Waals surface area (Å²) in [7, 11) is 1.27. The molecule has 1 saturated heterocycles. The van der Waals surface area contributed by atoms with Crippen LogP contribution in [0.1, 0.15) is 26.7 Å². The van der Waals surface area contributed by atoms with Crippen LogP contribution in [0.4, 0.5) is 0 Å². The van der Waals surface area contributed by atoms with Gasteiger partial charge in [-0.3, -0.25) is 4.79 Å². The van der Waals surface area contributed by atoms with Crippen molar-refractivity contribution in [2.75, 3.05) is 20.2 Å². The van der Waals surface area contributed by atoms with E-state index in [9.17, 15) is 14.7 Å². The SMILES string of the molecule is COC(=O)C(O)C1CCN(C(=O)C(C)C)CC1. The molecule has 1 unspecified atom stereocenters. The number of hydrogen-bond acceptors (Lipinski definition) is 4. The zero-order valence-electron chi connectivity index (χ0n) is 10.7. The fourth-order valence-electron chi connectivity index (χ4n) is 2.11. The minimum absolute atomic E-state index is 0.00270. The lowest BCUT2D eigenvalue weighted by molar-refractivity contribution is -0.154. The largest absolute Gasteiger partial charge is 0.467 e. The third kappa shape index (κ3) is 3.43. The second kappa shape index (κ2) is 6.00. The van der Waals surface area contributed by atoms with E-state index in [1.54, 1.807) is 4.90 Å². The Labute approximate surface area is 102 Å². The van der Waals surface area contributed by atoms with Gasteiger partial charge in [0.15, 0.2) is 6.10 Å². The Balaban J connectivity index is 2.45. The molecule has 1 rings (SSSR count). The van der Waals surface area contributed by atoms with Gasteiger partial charge in [0.2, 0.25) is 5.91 Å². The number of ether oxygens (including phenoxy) is 1. The summed E-state index contributed by atoms with van der Waals surface area (Å²) in [6, 6.07) is 0. The van der Waals surface area contributed by atoms with Gasteiger partial charge in [-0.15, -0.1) is 0 Å². The highest BCUT2D eigenvalue weighted by atomic mass is 16.5. The number of carbonyl (C=O) groups is 2. The lowest BCUT2D eigenvalue weighted by Crippen LogP contribution is -2.44. The molecule has 1 fully saturated rings. The van der Waals surface area contributed by atoms with E-state index < -0.39 is 12.1 Å². The number of piperidine rings is 1. The average molecular weight is 243 g/mol. The first-order valence-electron chi connectivity index (χ1n) is 6.02. The molecule has 1 aliphatic rings. The van der Waals surface area contributed by atoms with Crippen LogP contribution in [-0.2, 0) is 14.3 Å². The molecule has 1 atom stereocenters. The molecular formula is C12H21NO4. The molecule has 0 aliphatic carbocycles. The molecule has 98 valence electrons. The molecule has 0 spiro atoms. The topological polar surface area (TPSA) is 66.8 Å². The van der Waals surface area contributed by atoms with Gasteiger partial charge in [0.05, 0.1) is 7.11 Å². The van der Waals surface area contributed by atoms with Crippen molar-refractivity contribution in [3.8, 4) is 0 Å². The minimum Gasteiger partial charge on any atom is -0.467 e. The predicted octanol–water partition coefficient (Wildman–Crippen LogP) is 0.415. The Morgan fingerprint density at radius 2 is 1.82 bits per heavy atom. The Kier molecular flexibility index (Phi) is 4.93. The van der Waals surface area contributed by atoms with Crippen LogP contribution >= 0.6 is 0 Å². The van der Waals surface area contributed by atoms with Crippen LogP contribution in [0.2, 0.25) is 0 Å². The van der Waals surface area contributed by atoms with Crippen LogP contribution < -0.4 is 0 Å². The monoisotopic (exact) mass is 243 g/mol. The fourth-order valence-corrected chi connectivity index (χ4v) is 2.11. The smallest absolute Gasteiger partial charge is 0.334 e. The van der Waals surface area contributed by atoms with Gasteiger partial charge in [0, 0.05) is 19.0 Å². The van der Waals surface area contributed by atoms with Crippen LogP contribution in [0.25, 0.3) is 0 Å². The van der Waals surface area contributed by atoms with Gasteiger partial charge in [0.1, 0.15) is 0 Å². The molecule has 0 bridgehead atoms. The first kappa shape index (κ1) is 14.0. The van der Waals surface area contributed by atoms with E-state index in [1.165, 1.54) is 7.11 Å². The van der Waals surface area contributed by atoms with Crippen LogP contribution in [0.3, 0.4) is 0 Å². The van der Waals surface area contributed by atoms with E-state index in [0.717, 1.165) is 0 Å². The van der Waals surface area contributed by atoms with Crippen molar-refractivity contribution in [3.63, 3.8) is 0 Å². The van der Waals surface area contributed by atoms with Crippen molar-refractivity contribution in [3.05, 3.63) is 0 Å². The molecule has 0 aromatic rings. The third-order valence-electron chi connectivity index (χ3n) is 3.23. The second-order valence-electron chi connectivity index (χ2n) is 4.79. The molecule has 1 aliphatic heterocycles. The molecule has 1 amide bonds. The number of hydrogen-bond donors (Lipinski definition) is 1. The van der Waals surface area contributed by atoms with Gasteiger partial charge in [0.25, 0.3) is 0 Å². The van der Waals surface area contributed by atoms with Crippen molar-refractivity contribution < 1.29 is 19.4 Å². The third-order valence-corrected chi connectivity index (χ3v) is 3.23. The van der Waals surface area contributed by atoms with E-state index in [0.29, 0.717) is 25.9 Å². The van der Waals surface area contributed by atoms with Gasteiger partial charge < -0.3 is 14.7 Å². The fraction of sp³-hybridized carbons (Fsp3) is 0.833. The molecule has 0 radical (unpaired) electrons. The molecule has 5 nitrogen and oxygen atoms in total. The van der Waals surface area contributed by atoms with Crippen molar-refractivity contribution in [2.45, 2.75) is 32.8 Å². The number of aliphatic hydroxyl groups excluding tert-OH is 1. The first-order valence-corrected chi connectivity index (χ1v) is 6.02. The summed E-state index contributed by atoms with van der Waals surface area (Å²) in [4.78, 5) is 24.7. The number of rotatable bonds is 3. The summed E-state index contributed by atoms with van der Waals surface area (Å²) in [5, 5.41) is 9.70. The standard InChI is InChI=1S/C12H21NO4/c1-8(2)11(15)13-6-4-9(5-7-13)10(14)12(16)17-3/h8-10,14H,4-7H2,1-3H3. The minimum atomic E-state index is -1.06. The van der Waals surface area contributed by atoms with Gasteiger partial charge in [-0.05, 0) is 18.8 Å². The van der Waals surface area contributed by atoms with Gasteiger partial charge in [-0.2, -0.15) is 0 Å². The van der Waals surface area contributed by atoms with Crippen molar-refractivity contribution in [1.82, 2.24) is 4.90 Å². The molecule has 0 aromatic heterocycles. The number of nitrogens with zero attached hydrogens (tertiary/aromatic N) is 1. The maximum Gasteiger partial charge on any atom is 0.334 e. The molecule has 0 aromatic carbocycles. The zero-order chi connectivity index (χ0) is 13.0. The Morgan fingerprint density at radius 3 is 2.24 bits per heavy atom. The average Bonchev–Trinajstić information content (AvgIpc) is 2.36. The maximum absolute atomic E-state index is 11.7. The van der Waals surface area contributed by atoms with E-state index >= 15 is 0 Å². The van der Waals surface area contributed by atoms with E-state index in [-0.39, 0.29) is 17.7 Å². The van der Waals surface area contributed by atoms with E-state index in [4.69, 9.17) is 0 Å². The number of amides is 1. The lowest BCUT2D eigenvalue weighted by atomic mass is 9.91. The van der Waals surface area contributed by atoms with Gasteiger partial charge in [-0.25, -0.2) is 4.79 Å². The quantitative estimate of drug-likeness (QED) is 0.729. The highest BCUT2D eigenvalue weighted by molar-refractivity contribution is 5.78. The molecule has 0 saturated carbocycles. The predicted molar refractivity (Wildman–Crippen MR) is 62.2 cm³/mol. The van der Waals surface area contributed by atoms with Gasteiger partial charge in [-0.1, -0.05) is 13.8 Å². The van der Waals surface area contributed by atoms with Crippen molar-refractivity contribution >= 4 is 11.9 Å². The molecule has 5 heteroatoms. The number of likely N-dealkylation sites (tertiary alicyclic amines) is 1. The lowest BCUT2D eigenvalue weighted by Gasteiger charge is -2.34. The number of methoxy groups -OCH3 is 1. The van der Waals surface area contributed by atoms with Crippen molar-refractivity contribution in [1.29, 1.82) is 0 Å². The normalized spacial score (nSPS) is 19.2. The van der Waals surface area contributed by atoms with E-state index in [1.807, 2.05) is 13.8 Å². The van der Waals surface area contributed by atoms with Crippen molar-refractivity contribution in [2.24, 2.45) is 11.8 Å². The summed E-state index contributed by atoms with van der Waals surface area (Å²) in [5.74, 6) is -0.551. The van der Waals surface area contributed by atoms with Crippen LogP contribution in [-0.4, -0.2) is 48.2 Å². The first-order chi connectivity index (χ1) is 7.97. The van der Waals surface area contributed by atoms with Crippen LogP contribution in [0.15, 0.2) is 0 Å². The summed E-state index contributed by atoms with van der Waals surface area (Å²) in [6.07, 6.45) is 0.236. The van der Waals surface area contributed by atoms with Crippen LogP contribution in [0.5, 0.6) is 0 Å². The molecule has 1 N–H and O–H groups in total. The molecular weight excluding hydrogens is 222 g/mol. The molecule has 1 heterocycles. The molecule has 17 heavy (non-hydrogen) atoms. The summed E-state index contributed by atoms with van der Waals surface area (Å²) in [5.41, 5.74) is 0. The Bertz CT molecular complexity index is 282. The Morgan fingerprint density at radius 1 is 1.29 bits per heavy atom. The highest BCUT2D eigenvalue weighted by Crippen LogP contribution is 2.22. The summed E-state index contributed by atoms with van der Waals surface area (Å²) in [6.45, 7) is 4.96. The zero-order valence-corrected chi connectivity index (χ0v) is 10.7. The summed E-state index contributed by atoms with van der Waals surface area (Å²) < 4.78 is 4.51. The second-order valence-corrected chi connectivity index (χ2v) is 4.79. The number of esters is 1. The van der Waals surface area contributed by atoms with Crippen LogP contribution in [0, 0.1) is 11.8 Å². The summed E-state index contributed by atoms with van der Waals surface area (Å²) >= 11 is 0. The van der Waals surface area contributed by atoms with E-state index in [2.05, 4.69) is 4.74 Å². The Hall–Kier alpha value is -1.10. The number of aliphatic hydroxyl groups is 1. The maximum atomic E-state index is 11.7. The number of carbonyl (C=O) groups excluding carboxylic acids is 2. The highest BCUT2D eigenvalue weighted by Gasteiger charge is 2.32.